The third-order valence-electron chi connectivity index (χ3n) is 7.46. The zero-order valence-corrected chi connectivity index (χ0v) is 20.6. The van der Waals surface area contributed by atoms with Gasteiger partial charge < -0.3 is 14.4 Å². The molecular weight excluding hydrogens is 438 g/mol. The van der Waals surface area contributed by atoms with E-state index in [9.17, 15) is 4.79 Å². The van der Waals surface area contributed by atoms with Crippen LogP contribution in [-0.4, -0.2) is 47.1 Å². The van der Waals surface area contributed by atoms with E-state index in [4.69, 9.17) is 9.47 Å². The van der Waals surface area contributed by atoms with Crippen molar-refractivity contribution in [1.29, 1.82) is 0 Å². The van der Waals surface area contributed by atoms with Crippen molar-refractivity contribution in [3.8, 4) is 11.6 Å². The van der Waals surface area contributed by atoms with Gasteiger partial charge in [0.05, 0.1) is 5.41 Å². The number of hydrogen-bond donors (Lipinski definition) is 0. The lowest BCUT2D eigenvalue weighted by atomic mass is 9.72. The van der Waals surface area contributed by atoms with Gasteiger partial charge in [-0.1, -0.05) is 47.5 Å². The first-order valence-corrected chi connectivity index (χ1v) is 12.5. The van der Waals surface area contributed by atoms with Crippen molar-refractivity contribution in [1.82, 2.24) is 14.9 Å². The minimum absolute atomic E-state index is 0.207. The molecule has 0 bridgehead atoms. The summed E-state index contributed by atoms with van der Waals surface area (Å²) in [5.41, 5.74) is 3.88. The van der Waals surface area contributed by atoms with Crippen LogP contribution in [0.3, 0.4) is 0 Å². The highest BCUT2D eigenvalue weighted by molar-refractivity contribution is 5.88. The Morgan fingerprint density at radius 2 is 1.51 bits per heavy atom. The molecule has 6 nitrogen and oxygen atoms in total. The van der Waals surface area contributed by atoms with Crippen LogP contribution in [0.15, 0.2) is 60.9 Å². The zero-order valence-electron chi connectivity index (χ0n) is 20.6. The van der Waals surface area contributed by atoms with Gasteiger partial charge in [0.15, 0.2) is 0 Å². The second-order valence-electron chi connectivity index (χ2n) is 9.79. The van der Waals surface area contributed by atoms with Crippen molar-refractivity contribution in [3.63, 3.8) is 0 Å². The smallest absolute Gasteiger partial charge is 0.241 e. The Hall–Kier alpha value is -3.25. The lowest BCUT2D eigenvalue weighted by Gasteiger charge is -2.42. The molecule has 0 atom stereocenters. The van der Waals surface area contributed by atoms with E-state index >= 15 is 0 Å². The first-order valence-electron chi connectivity index (χ1n) is 12.5. The molecule has 2 aliphatic heterocycles. The predicted molar refractivity (Wildman–Crippen MR) is 135 cm³/mol. The number of aryl methyl sites for hydroxylation is 2. The van der Waals surface area contributed by atoms with E-state index < -0.39 is 5.41 Å². The van der Waals surface area contributed by atoms with Gasteiger partial charge in [-0.3, -0.25) is 9.78 Å². The first kappa shape index (κ1) is 23.5. The van der Waals surface area contributed by atoms with E-state index in [2.05, 4.69) is 53.0 Å². The molecule has 6 heteroatoms. The van der Waals surface area contributed by atoms with E-state index in [1.165, 1.54) is 11.1 Å². The molecular formula is C29H33N3O3. The quantitative estimate of drug-likeness (QED) is 0.503. The summed E-state index contributed by atoms with van der Waals surface area (Å²) in [6.07, 6.45) is 6.54. The fourth-order valence-corrected chi connectivity index (χ4v) is 5.29. The molecule has 0 N–H and O–H groups in total. The van der Waals surface area contributed by atoms with Crippen molar-refractivity contribution in [2.45, 2.75) is 50.9 Å². The highest BCUT2D eigenvalue weighted by atomic mass is 16.5. The molecule has 2 aliphatic rings. The summed E-state index contributed by atoms with van der Waals surface area (Å²) in [7, 11) is 0. The highest BCUT2D eigenvalue weighted by Crippen LogP contribution is 2.39. The Labute approximate surface area is 207 Å². The Kier molecular flexibility index (Phi) is 6.82. The topological polar surface area (TPSA) is 64.6 Å². The lowest BCUT2D eigenvalue weighted by Crippen LogP contribution is -2.51. The minimum Gasteiger partial charge on any atom is -0.437 e. The summed E-state index contributed by atoms with van der Waals surface area (Å²) in [5, 5.41) is 0. The van der Waals surface area contributed by atoms with Gasteiger partial charge >= 0.3 is 0 Å². The monoisotopic (exact) mass is 471 g/mol. The predicted octanol–water partition coefficient (Wildman–Crippen LogP) is 5.34. The Balaban J connectivity index is 1.31. The summed E-state index contributed by atoms with van der Waals surface area (Å²) in [5.74, 6) is 1.75. The van der Waals surface area contributed by atoms with Crippen LogP contribution in [0.2, 0.25) is 0 Å². The van der Waals surface area contributed by atoms with Gasteiger partial charge in [0.25, 0.3) is 0 Å². The van der Waals surface area contributed by atoms with Crippen molar-refractivity contribution >= 4 is 5.91 Å². The van der Waals surface area contributed by atoms with Crippen LogP contribution in [-0.2, 0) is 14.9 Å². The standard InChI is InChI=1S/C29H33N3O3/c1-21-3-7-24(8-4-21)29(13-19-34-20-14-29)28(33)32-17-11-23(12-18-32)26-27(31-16-15-30-26)35-25-9-5-22(2)6-10-25/h3-10,15-16,23H,11-14,17-20H2,1-2H3. The number of amides is 1. The molecule has 0 unspecified atom stereocenters. The Morgan fingerprint density at radius 1 is 0.914 bits per heavy atom. The molecule has 2 aromatic carbocycles. The van der Waals surface area contributed by atoms with Gasteiger partial charge in [0.1, 0.15) is 11.4 Å². The summed E-state index contributed by atoms with van der Waals surface area (Å²) in [6, 6.07) is 16.4. The average Bonchev–Trinajstić information content (AvgIpc) is 2.91. The van der Waals surface area contributed by atoms with E-state index in [-0.39, 0.29) is 11.8 Å². The van der Waals surface area contributed by atoms with Crippen molar-refractivity contribution in [3.05, 3.63) is 83.3 Å². The molecule has 182 valence electrons. The van der Waals surface area contributed by atoms with Crippen LogP contribution >= 0.6 is 0 Å². The maximum Gasteiger partial charge on any atom is 0.241 e. The fourth-order valence-electron chi connectivity index (χ4n) is 5.29. The molecule has 1 amide bonds. The first-order chi connectivity index (χ1) is 17.0. The van der Waals surface area contributed by atoms with Crippen molar-refractivity contribution < 1.29 is 14.3 Å². The van der Waals surface area contributed by atoms with Gasteiger partial charge in [-0.2, -0.15) is 0 Å². The molecule has 0 spiro atoms. The Morgan fingerprint density at radius 3 is 2.17 bits per heavy atom. The molecule has 1 aromatic heterocycles. The summed E-state index contributed by atoms with van der Waals surface area (Å²) >= 11 is 0. The van der Waals surface area contributed by atoms with E-state index in [1.54, 1.807) is 12.4 Å². The van der Waals surface area contributed by atoms with Crippen LogP contribution in [0.1, 0.15) is 54.0 Å². The van der Waals surface area contributed by atoms with E-state index in [0.29, 0.717) is 32.2 Å². The van der Waals surface area contributed by atoms with Crippen molar-refractivity contribution in [2.24, 2.45) is 0 Å². The number of carbonyl (C=O) groups excluding carboxylic acids is 1. The maximum atomic E-state index is 14.0. The van der Waals surface area contributed by atoms with Crippen LogP contribution in [0.4, 0.5) is 0 Å². The van der Waals surface area contributed by atoms with Crippen LogP contribution in [0.25, 0.3) is 0 Å². The fraction of sp³-hybridized carbons (Fsp3) is 0.414. The molecule has 0 aliphatic carbocycles. The van der Waals surface area contributed by atoms with Gasteiger partial charge in [-0.05, 0) is 57.2 Å². The largest absolute Gasteiger partial charge is 0.437 e. The third kappa shape index (κ3) is 4.94. The Bertz CT molecular complexity index is 1150. The van der Waals surface area contributed by atoms with Crippen LogP contribution < -0.4 is 4.74 Å². The van der Waals surface area contributed by atoms with Gasteiger partial charge in [-0.15, -0.1) is 0 Å². The SMILES string of the molecule is Cc1ccc(Oc2nccnc2C2CCN(C(=O)C3(c4ccc(C)cc4)CCOCC3)CC2)cc1. The number of nitrogens with zero attached hydrogens (tertiary/aromatic N) is 3. The number of rotatable bonds is 5. The van der Waals surface area contributed by atoms with Crippen LogP contribution in [0, 0.1) is 13.8 Å². The highest BCUT2D eigenvalue weighted by Gasteiger charge is 2.44. The molecule has 0 radical (unpaired) electrons. The lowest BCUT2D eigenvalue weighted by molar-refractivity contribution is -0.142. The summed E-state index contributed by atoms with van der Waals surface area (Å²) in [6.45, 7) is 6.79. The summed E-state index contributed by atoms with van der Waals surface area (Å²) < 4.78 is 11.8. The average molecular weight is 472 g/mol. The molecule has 2 fully saturated rings. The number of benzene rings is 2. The number of hydrogen-bond acceptors (Lipinski definition) is 5. The number of piperidine rings is 1. The molecule has 2 saturated heterocycles. The second kappa shape index (κ2) is 10.2. The number of likely N-dealkylation sites (tertiary alicyclic amines) is 1. The number of carbonyl (C=O) groups is 1. The van der Waals surface area contributed by atoms with Crippen molar-refractivity contribution in [2.75, 3.05) is 26.3 Å². The van der Waals surface area contributed by atoms with E-state index in [1.807, 2.05) is 24.3 Å². The van der Waals surface area contributed by atoms with Crippen LogP contribution in [0.5, 0.6) is 11.6 Å². The second-order valence-corrected chi connectivity index (χ2v) is 9.79. The van der Waals surface area contributed by atoms with Gasteiger partial charge in [0, 0.05) is 44.6 Å². The molecule has 3 aromatic rings. The third-order valence-corrected chi connectivity index (χ3v) is 7.46. The summed E-state index contributed by atoms with van der Waals surface area (Å²) in [4.78, 5) is 25.1. The minimum atomic E-state index is -0.495. The van der Waals surface area contributed by atoms with Gasteiger partial charge in [-0.25, -0.2) is 4.98 Å². The molecule has 35 heavy (non-hydrogen) atoms. The molecule has 0 saturated carbocycles. The molecule has 5 rings (SSSR count). The van der Waals surface area contributed by atoms with Gasteiger partial charge in [0.2, 0.25) is 11.8 Å². The number of ether oxygens (including phenoxy) is 2. The molecule has 3 heterocycles. The normalized spacial score (nSPS) is 18.3. The zero-order chi connectivity index (χ0) is 24.3. The maximum absolute atomic E-state index is 14.0. The number of aromatic nitrogens is 2. The van der Waals surface area contributed by atoms with E-state index in [0.717, 1.165) is 42.7 Å².